The molecule has 0 fully saturated rings. The van der Waals surface area contributed by atoms with Crippen molar-refractivity contribution in [1.29, 1.82) is 0 Å². The molecule has 116 valence electrons. The Labute approximate surface area is 132 Å². The van der Waals surface area contributed by atoms with Gasteiger partial charge in [-0.3, -0.25) is 5.32 Å². The largest absolute Gasteiger partial charge is 0.292 e. The first-order valence-electron chi connectivity index (χ1n) is 7.46. The zero-order valence-electron chi connectivity index (χ0n) is 13.1. The van der Waals surface area contributed by atoms with Gasteiger partial charge in [-0.15, -0.1) is 0 Å². The third kappa shape index (κ3) is 2.57. The van der Waals surface area contributed by atoms with Crippen LogP contribution in [0.2, 0.25) is 0 Å². The molecule has 4 heteroatoms. The minimum Gasteiger partial charge on any atom is -0.292 e. The van der Waals surface area contributed by atoms with E-state index in [1.54, 1.807) is 12.1 Å². The molecule has 0 radical (unpaired) electrons. The Hall–Kier alpha value is -1.65. The van der Waals surface area contributed by atoms with Crippen LogP contribution < -0.4 is 5.32 Å². The van der Waals surface area contributed by atoms with E-state index >= 15 is 0 Å². The molecule has 3 nitrogen and oxygen atoms in total. The molecule has 1 atom stereocenters. The summed E-state index contributed by atoms with van der Waals surface area (Å²) in [5.41, 5.74) is 2.50. The smallest absolute Gasteiger partial charge is 0.198 e. The van der Waals surface area contributed by atoms with Crippen LogP contribution in [0.15, 0.2) is 53.4 Å². The predicted octanol–water partition coefficient (Wildman–Crippen LogP) is 3.39. The summed E-state index contributed by atoms with van der Waals surface area (Å²) in [6.45, 7) is 5.93. The van der Waals surface area contributed by atoms with Gasteiger partial charge in [0.2, 0.25) is 0 Å². The van der Waals surface area contributed by atoms with Crippen LogP contribution in [0.1, 0.15) is 35.9 Å². The molecule has 1 heterocycles. The molecule has 1 unspecified atom stereocenters. The van der Waals surface area contributed by atoms with Crippen molar-refractivity contribution in [2.75, 3.05) is 0 Å². The van der Waals surface area contributed by atoms with E-state index in [9.17, 15) is 8.42 Å². The van der Waals surface area contributed by atoms with Gasteiger partial charge in [-0.05, 0) is 49.9 Å². The van der Waals surface area contributed by atoms with Gasteiger partial charge in [0.25, 0.3) is 0 Å². The van der Waals surface area contributed by atoms with E-state index in [1.165, 1.54) is 0 Å². The second kappa shape index (κ2) is 5.21. The summed E-state index contributed by atoms with van der Waals surface area (Å²) in [7, 11) is -3.49. The van der Waals surface area contributed by atoms with Gasteiger partial charge in [0.05, 0.1) is 4.90 Å². The van der Waals surface area contributed by atoms with Gasteiger partial charge in [0.1, 0.15) is 5.37 Å². The number of rotatable bonds is 2. The molecule has 0 aromatic heterocycles. The van der Waals surface area contributed by atoms with E-state index in [0.717, 1.165) is 23.1 Å². The van der Waals surface area contributed by atoms with Crippen LogP contribution in [-0.2, 0) is 16.3 Å². The van der Waals surface area contributed by atoms with Gasteiger partial charge in [0, 0.05) is 5.54 Å². The fourth-order valence-electron chi connectivity index (χ4n) is 3.16. The molecule has 0 spiro atoms. The van der Waals surface area contributed by atoms with Crippen molar-refractivity contribution in [1.82, 2.24) is 5.32 Å². The second-order valence-corrected chi connectivity index (χ2v) is 8.60. The SMILES string of the molecule is Cc1ccccc1S(=O)(=O)C1NC(C)(C)Cc2ccccc21. The number of fused-ring (bicyclic) bond motifs is 1. The molecular weight excluding hydrogens is 294 g/mol. The Morgan fingerprint density at radius 3 is 2.41 bits per heavy atom. The van der Waals surface area contributed by atoms with Crippen LogP contribution in [0.25, 0.3) is 0 Å². The van der Waals surface area contributed by atoms with Gasteiger partial charge in [-0.25, -0.2) is 8.42 Å². The molecule has 3 rings (SSSR count). The van der Waals surface area contributed by atoms with Crippen molar-refractivity contribution in [3.05, 3.63) is 65.2 Å². The maximum absolute atomic E-state index is 13.2. The molecule has 0 bridgehead atoms. The van der Waals surface area contributed by atoms with Crippen molar-refractivity contribution in [2.24, 2.45) is 0 Å². The molecule has 2 aromatic rings. The number of hydrogen-bond donors (Lipinski definition) is 1. The van der Waals surface area contributed by atoms with Gasteiger partial charge < -0.3 is 0 Å². The number of aryl methyl sites for hydroxylation is 1. The van der Waals surface area contributed by atoms with Crippen LogP contribution in [0.4, 0.5) is 0 Å². The molecule has 0 aliphatic carbocycles. The molecule has 1 N–H and O–H groups in total. The van der Waals surface area contributed by atoms with E-state index < -0.39 is 15.2 Å². The Kier molecular flexibility index (Phi) is 3.62. The third-order valence-corrected chi connectivity index (χ3v) is 6.27. The summed E-state index contributed by atoms with van der Waals surface area (Å²) < 4.78 is 26.4. The average Bonchev–Trinajstić information content (AvgIpc) is 2.45. The van der Waals surface area contributed by atoms with E-state index in [4.69, 9.17) is 0 Å². The fraction of sp³-hybridized carbons (Fsp3) is 0.333. The highest BCUT2D eigenvalue weighted by molar-refractivity contribution is 7.91. The molecule has 2 aromatic carbocycles. The van der Waals surface area contributed by atoms with Crippen molar-refractivity contribution >= 4 is 9.84 Å². The van der Waals surface area contributed by atoms with Gasteiger partial charge in [0.15, 0.2) is 9.84 Å². The Morgan fingerprint density at radius 1 is 1.05 bits per heavy atom. The minimum absolute atomic E-state index is 0.255. The average molecular weight is 315 g/mol. The summed E-state index contributed by atoms with van der Waals surface area (Å²) in [5.74, 6) is 0. The molecule has 1 aliphatic rings. The first-order valence-corrected chi connectivity index (χ1v) is 9.01. The lowest BCUT2D eigenvalue weighted by Gasteiger charge is -2.38. The Balaban J connectivity index is 2.17. The van der Waals surface area contributed by atoms with E-state index in [0.29, 0.717) is 4.90 Å². The van der Waals surface area contributed by atoms with Crippen LogP contribution in [0, 0.1) is 6.92 Å². The van der Waals surface area contributed by atoms with Crippen molar-refractivity contribution in [3.63, 3.8) is 0 Å². The summed E-state index contributed by atoms with van der Waals surface area (Å²) in [4.78, 5) is 0.403. The van der Waals surface area contributed by atoms with Gasteiger partial charge >= 0.3 is 0 Å². The summed E-state index contributed by atoms with van der Waals surface area (Å²) in [6, 6.07) is 15.0. The normalized spacial score (nSPS) is 20.4. The maximum Gasteiger partial charge on any atom is 0.198 e. The van der Waals surface area contributed by atoms with Crippen molar-refractivity contribution in [2.45, 2.75) is 43.0 Å². The van der Waals surface area contributed by atoms with Gasteiger partial charge in [-0.1, -0.05) is 42.5 Å². The van der Waals surface area contributed by atoms with Crippen LogP contribution in [0.3, 0.4) is 0 Å². The topological polar surface area (TPSA) is 46.2 Å². The van der Waals surface area contributed by atoms with Crippen LogP contribution >= 0.6 is 0 Å². The van der Waals surface area contributed by atoms with E-state index in [1.807, 2.05) is 57.2 Å². The standard InChI is InChI=1S/C18H21NO2S/c1-13-8-4-7-11-16(13)22(20,21)17-15-10-6-5-9-14(15)12-18(2,3)19-17/h4-11,17,19H,12H2,1-3H3. The molecule has 0 saturated carbocycles. The highest BCUT2D eigenvalue weighted by Gasteiger charge is 2.39. The molecule has 1 aliphatic heterocycles. The number of nitrogens with one attached hydrogen (secondary N) is 1. The molecule has 22 heavy (non-hydrogen) atoms. The number of sulfone groups is 1. The first kappa shape index (κ1) is 15.3. The van der Waals surface area contributed by atoms with E-state index in [-0.39, 0.29) is 5.54 Å². The lowest BCUT2D eigenvalue weighted by Crippen LogP contribution is -2.49. The Morgan fingerprint density at radius 2 is 1.68 bits per heavy atom. The van der Waals surface area contributed by atoms with Crippen molar-refractivity contribution < 1.29 is 8.42 Å². The quantitative estimate of drug-likeness (QED) is 0.924. The monoisotopic (exact) mass is 315 g/mol. The number of benzene rings is 2. The molecule has 0 saturated heterocycles. The van der Waals surface area contributed by atoms with Crippen LogP contribution in [0.5, 0.6) is 0 Å². The maximum atomic E-state index is 13.2. The zero-order chi connectivity index (χ0) is 16.0. The number of hydrogen-bond acceptors (Lipinski definition) is 3. The molecular formula is C18H21NO2S. The van der Waals surface area contributed by atoms with Crippen LogP contribution in [-0.4, -0.2) is 14.0 Å². The highest BCUT2D eigenvalue weighted by atomic mass is 32.2. The summed E-state index contributed by atoms with van der Waals surface area (Å²) >= 11 is 0. The highest BCUT2D eigenvalue weighted by Crippen LogP contribution is 2.37. The summed E-state index contributed by atoms with van der Waals surface area (Å²) in [6.07, 6.45) is 0.822. The van der Waals surface area contributed by atoms with Gasteiger partial charge in [-0.2, -0.15) is 0 Å². The first-order chi connectivity index (χ1) is 10.3. The zero-order valence-corrected chi connectivity index (χ0v) is 13.9. The molecule has 0 amide bonds. The minimum atomic E-state index is -3.49. The summed E-state index contributed by atoms with van der Waals surface area (Å²) in [5, 5.41) is 2.63. The predicted molar refractivity (Wildman–Crippen MR) is 88.5 cm³/mol. The lowest BCUT2D eigenvalue weighted by molar-refractivity contribution is 0.348. The lowest BCUT2D eigenvalue weighted by atomic mass is 9.88. The van der Waals surface area contributed by atoms with E-state index in [2.05, 4.69) is 5.32 Å². The fourth-order valence-corrected chi connectivity index (χ4v) is 5.24. The Bertz CT molecular complexity index is 809. The second-order valence-electron chi connectivity index (χ2n) is 6.59. The van der Waals surface area contributed by atoms with Crippen molar-refractivity contribution in [3.8, 4) is 0 Å². The third-order valence-electron chi connectivity index (χ3n) is 4.20.